The SMILES string of the molecule is CC[C@@H](C(=O)NC1CCCC1)N(Cc1ccc(Cl)cc1)C(=O)Cc1ccc(F)cc1. The van der Waals surface area contributed by atoms with Crippen LogP contribution in [0, 0.1) is 5.82 Å². The summed E-state index contributed by atoms with van der Waals surface area (Å²) in [6, 6.07) is 12.8. The number of hydrogen-bond acceptors (Lipinski definition) is 2. The molecular formula is C24H28ClFN2O2. The van der Waals surface area contributed by atoms with Gasteiger partial charge < -0.3 is 10.2 Å². The van der Waals surface area contributed by atoms with E-state index in [2.05, 4.69) is 5.32 Å². The lowest BCUT2D eigenvalue weighted by atomic mass is 10.1. The topological polar surface area (TPSA) is 49.4 Å². The van der Waals surface area contributed by atoms with Crippen molar-refractivity contribution in [1.82, 2.24) is 10.2 Å². The van der Waals surface area contributed by atoms with Gasteiger partial charge in [-0.1, -0.05) is 55.6 Å². The van der Waals surface area contributed by atoms with Crippen LogP contribution >= 0.6 is 11.6 Å². The van der Waals surface area contributed by atoms with Crippen molar-refractivity contribution in [3.63, 3.8) is 0 Å². The largest absolute Gasteiger partial charge is 0.352 e. The summed E-state index contributed by atoms with van der Waals surface area (Å²) < 4.78 is 13.2. The minimum atomic E-state index is -0.561. The fourth-order valence-electron chi connectivity index (χ4n) is 3.95. The molecular weight excluding hydrogens is 403 g/mol. The van der Waals surface area contributed by atoms with Gasteiger partial charge in [0.25, 0.3) is 0 Å². The predicted molar refractivity (Wildman–Crippen MR) is 117 cm³/mol. The number of carbonyl (C=O) groups is 2. The fraction of sp³-hybridized carbons (Fsp3) is 0.417. The molecule has 0 aromatic heterocycles. The zero-order valence-corrected chi connectivity index (χ0v) is 18.0. The molecule has 4 nitrogen and oxygen atoms in total. The van der Waals surface area contributed by atoms with Gasteiger partial charge in [0.2, 0.25) is 11.8 Å². The Morgan fingerprint density at radius 2 is 1.67 bits per heavy atom. The summed E-state index contributed by atoms with van der Waals surface area (Å²) in [6.07, 6.45) is 4.85. The third-order valence-electron chi connectivity index (χ3n) is 5.62. The molecule has 1 atom stereocenters. The number of rotatable bonds is 8. The van der Waals surface area contributed by atoms with Crippen molar-refractivity contribution >= 4 is 23.4 Å². The summed E-state index contributed by atoms with van der Waals surface area (Å²) in [5.74, 6) is -0.609. The second-order valence-electron chi connectivity index (χ2n) is 7.87. The van der Waals surface area contributed by atoms with Gasteiger partial charge >= 0.3 is 0 Å². The van der Waals surface area contributed by atoms with Crippen molar-refractivity contribution in [3.05, 3.63) is 70.5 Å². The smallest absolute Gasteiger partial charge is 0.243 e. The lowest BCUT2D eigenvalue weighted by molar-refractivity contribution is -0.141. The maximum Gasteiger partial charge on any atom is 0.243 e. The van der Waals surface area contributed by atoms with Crippen LogP contribution in [0.1, 0.15) is 50.2 Å². The second-order valence-corrected chi connectivity index (χ2v) is 8.30. The number of nitrogens with zero attached hydrogens (tertiary/aromatic N) is 1. The van der Waals surface area contributed by atoms with E-state index in [1.54, 1.807) is 29.2 Å². The first-order valence-corrected chi connectivity index (χ1v) is 10.9. The highest BCUT2D eigenvalue weighted by molar-refractivity contribution is 6.30. The summed E-state index contributed by atoms with van der Waals surface area (Å²) in [6.45, 7) is 2.23. The van der Waals surface area contributed by atoms with Gasteiger partial charge in [0, 0.05) is 17.6 Å². The third kappa shape index (κ3) is 6.05. The van der Waals surface area contributed by atoms with Crippen molar-refractivity contribution in [2.75, 3.05) is 0 Å². The van der Waals surface area contributed by atoms with Crippen molar-refractivity contribution in [3.8, 4) is 0 Å². The van der Waals surface area contributed by atoms with Crippen LogP contribution in [0.2, 0.25) is 5.02 Å². The minimum absolute atomic E-state index is 0.106. The Bertz CT molecular complexity index is 849. The van der Waals surface area contributed by atoms with E-state index in [0.717, 1.165) is 31.2 Å². The van der Waals surface area contributed by atoms with Crippen LogP contribution in [0.15, 0.2) is 48.5 Å². The van der Waals surface area contributed by atoms with E-state index >= 15 is 0 Å². The molecule has 0 unspecified atom stereocenters. The van der Waals surface area contributed by atoms with Crippen LogP contribution in [0.3, 0.4) is 0 Å². The van der Waals surface area contributed by atoms with Gasteiger partial charge in [-0.2, -0.15) is 0 Å². The first-order chi connectivity index (χ1) is 14.5. The first-order valence-electron chi connectivity index (χ1n) is 10.5. The third-order valence-corrected chi connectivity index (χ3v) is 5.87. The quantitative estimate of drug-likeness (QED) is 0.648. The lowest BCUT2D eigenvalue weighted by Crippen LogP contribution is -2.51. The van der Waals surface area contributed by atoms with E-state index in [0.29, 0.717) is 23.6 Å². The standard InChI is InChI=1S/C24H28ClFN2O2/c1-2-22(24(30)27-21-5-3-4-6-21)28(16-18-7-11-19(25)12-8-18)23(29)15-17-9-13-20(26)14-10-17/h7-14,21-22H,2-6,15-16H2,1H3,(H,27,30)/t22-/m0/s1. The molecule has 160 valence electrons. The summed E-state index contributed by atoms with van der Waals surface area (Å²) in [7, 11) is 0. The molecule has 0 heterocycles. The highest BCUT2D eigenvalue weighted by Crippen LogP contribution is 2.20. The summed E-state index contributed by atoms with van der Waals surface area (Å²) in [5.41, 5.74) is 1.62. The second kappa shape index (κ2) is 10.6. The number of amides is 2. The molecule has 0 radical (unpaired) electrons. The van der Waals surface area contributed by atoms with E-state index < -0.39 is 6.04 Å². The number of nitrogens with one attached hydrogen (secondary N) is 1. The van der Waals surface area contributed by atoms with Gasteiger partial charge in [0.05, 0.1) is 6.42 Å². The van der Waals surface area contributed by atoms with Crippen LogP contribution in [0.5, 0.6) is 0 Å². The van der Waals surface area contributed by atoms with Gasteiger partial charge in [-0.25, -0.2) is 4.39 Å². The molecule has 1 aliphatic carbocycles. The molecule has 1 N–H and O–H groups in total. The predicted octanol–water partition coefficient (Wildman–Crippen LogP) is 4.89. The molecule has 2 aromatic carbocycles. The zero-order valence-electron chi connectivity index (χ0n) is 17.2. The molecule has 0 bridgehead atoms. The van der Waals surface area contributed by atoms with Crippen LogP contribution in [0.4, 0.5) is 4.39 Å². The molecule has 1 saturated carbocycles. The molecule has 30 heavy (non-hydrogen) atoms. The van der Waals surface area contributed by atoms with Gasteiger partial charge in [0.1, 0.15) is 11.9 Å². The number of hydrogen-bond donors (Lipinski definition) is 1. The summed E-state index contributed by atoms with van der Waals surface area (Å²) >= 11 is 5.99. The minimum Gasteiger partial charge on any atom is -0.352 e. The Kier molecular flexibility index (Phi) is 7.86. The van der Waals surface area contributed by atoms with Crippen LogP contribution in [-0.2, 0) is 22.6 Å². The van der Waals surface area contributed by atoms with Crippen LogP contribution < -0.4 is 5.32 Å². The Balaban J connectivity index is 1.80. The number of carbonyl (C=O) groups excluding carboxylic acids is 2. The Morgan fingerprint density at radius 3 is 2.27 bits per heavy atom. The summed E-state index contributed by atoms with van der Waals surface area (Å²) in [4.78, 5) is 27.9. The number of benzene rings is 2. The van der Waals surface area contributed by atoms with E-state index in [9.17, 15) is 14.0 Å². The van der Waals surface area contributed by atoms with Gasteiger partial charge in [-0.3, -0.25) is 9.59 Å². The number of halogens is 2. The maximum atomic E-state index is 13.2. The van der Waals surface area contributed by atoms with E-state index in [1.807, 2.05) is 19.1 Å². The highest BCUT2D eigenvalue weighted by atomic mass is 35.5. The molecule has 1 aliphatic rings. The maximum absolute atomic E-state index is 13.2. The van der Waals surface area contributed by atoms with Crippen molar-refractivity contribution in [1.29, 1.82) is 0 Å². The molecule has 0 saturated heterocycles. The average molecular weight is 431 g/mol. The molecule has 2 amide bonds. The Labute approximate surface area is 182 Å². The molecule has 6 heteroatoms. The average Bonchev–Trinajstić information content (AvgIpc) is 3.24. The molecule has 1 fully saturated rings. The first kappa shape index (κ1) is 22.3. The van der Waals surface area contributed by atoms with Crippen LogP contribution in [-0.4, -0.2) is 28.8 Å². The molecule has 2 aromatic rings. The van der Waals surface area contributed by atoms with Crippen molar-refractivity contribution in [2.24, 2.45) is 0 Å². The van der Waals surface area contributed by atoms with E-state index in [1.165, 1.54) is 12.1 Å². The molecule has 0 aliphatic heterocycles. The highest BCUT2D eigenvalue weighted by Gasteiger charge is 2.30. The van der Waals surface area contributed by atoms with Crippen molar-refractivity contribution < 1.29 is 14.0 Å². The summed E-state index contributed by atoms with van der Waals surface area (Å²) in [5, 5.41) is 3.75. The molecule has 3 rings (SSSR count). The lowest BCUT2D eigenvalue weighted by Gasteiger charge is -2.31. The van der Waals surface area contributed by atoms with E-state index in [4.69, 9.17) is 11.6 Å². The van der Waals surface area contributed by atoms with E-state index in [-0.39, 0.29) is 30.1 Å². The fourth-order valence-corrected chi connectivity index (χ4v) is 4.08. The Hall–Kier alpha value is -2.40. The van der Waals surface area contributed by atoms with Gasteiger partial charge in [-0.15, -0.1) is 0 Å². The Morgan fingerprint density at radius 1 is 1.07 bits per heavy atom. The van der Waals surface area contributed by atoms with Gasteiger partial charge in [0.15, 0.2) is 0 Å². The van der Waals surface area contributed by atoms with Gasteiger partial charge in [-0.05, 0) is 54.7 Å². The van der Waals surface area contributed by atoms with Crippen LogP contribution in [0.25, 0.3) is 0 Å². The van der Waals surface area contributed by atoms with Crippen molar-refractivity contribution in [2.45, 2.75) is 64.1 Å². The molecule has 0 spiro atoms. The normalized spacial score (nSPS) is 15.0. The zero-order chi connectivity index (χ0) is 21.5. The monoisotopic (exact) mass is 430 g/mol.